The highest BCUT2D eigenvalue weighted by atomic mass is 32.2. The molecule has 9 nitrogen and oxygen atoms in total. The first-order valence-electron chi connectivity index (χ1n) is 8.26. The molecule has 1 aromatic heterocycles. The van der Waals surface area contributed by atoms with Gasteiger partial charge in [-0.05, 0) is 18.6 Å². The van der Waals surface area contributed by atoms with E-state index in [1.54, 1.807) is 22.9 Å². The van der Waals surface area contributed by atoms with Crippen LogP contribution in [-0.2, 0) is 21.1 Å². The topological polar surface area (TPSA) is 126 Å². The fourth-order valence-electron chi connectivity index (χ4n) is 3.22. The van der Waals surface area contributed by atoms with Gasteiger partial charge in [0.05, 0.1) is 23.6 Å². The molecule has 0 bridgehead atoms. The molecule has 0 saturated carbocycles. The average Bonchev–Trinajstić information content (AvgIpc) is 3.17. The Morgan fingerprint density at radius 1 is 1.27 bits per heavy atom. The Balaban J connectivity index is 1.76. The summed E-state index contributed by atoms with van der Waals surface area (Å²) in [5, 5.41) is 4.38. The maximum absolute atomic E-state index is 11.9. The van der Waals surface area contributed by atoms with Gasteiger partial charge in [-0.3, -0.25) is 4.79 Å². The van der Waals surface area contributed by atoms with Crippen LogP contribution in [0.5, 0.6) is 11.5 Å². The molecule has 138 valence electrons. The van der Waals surface area contributed by atoms with Crippen LogP contribution >= 0.6 is 0 Å². The van der Waals surface area contributed by atoms with Crippen molar-refractivity contribution in [1.29, 1.82) is 0 Å². The van der Waals surface area contributed by atoms with Gasteiger partial charge in [0.25, 0.3) is 0 Å². The van der Waals surface area contributed by atoms with Crippen molar-refractivity contribution in [3.05, 3.63) is 29.8 Å². The van der Waals surface area contributed by atoms with Crippen LogP contribution in [0.25, 0.3) is 5.69 Å². The van der Waals surface area contributed by atoms with E-state index in [-0.39, 0.29) is 29.7 Å². The number of ether oxygens (including phenoxy) is 2. The molecular formula is C16H18N4O5S. The maximum atomic E-state index is 11.9. The molecule has 0 spiro atoms. The van der Waals surface area contributed by atoms with E-state index in [1.807, 2.05) is 0 Å². The molecule has 10 heteroatoms. The van der Waals surface area contributed by atoms with Crippen molar-refractivity contribution in [1.82, 2.24) is 14.8 Å². The fraction of sp³-hybridized carbons (Fsp3) is 0.438. The van der Waals surface area contributed by atoms with E-state index in [1.165, 1.54) is 0 Å². The van der Waals surface area contributed by atoms with E-state index >= 15 is 0 Å². The van der Waals surface area contributed by atoms with Crippen molar-refractivity contribution in [3.8, 4) is 17.2 Å². The number of carbonyl (C=O) groups excluding carboxylic acids is 1. The second kappa shape index (κ2) is 6.27. The Morgan fingerprint density at radius 3 is 2.73 bits per heavy atom. The SMILES string of the molecule is NC(=O)Cc1nc([C@@H]2CCS(=O)(=O)C2)n(-c2ccc3c(c2)OCCO3)n1. The number of primary amides is 1. The van der Waals surface area contributed by atoms with Gasteiger partial charge in [0.2, 0.25) is 5.91 Å². The highest BCUT2D eigenvalue weighted by Crippen LogP contribution is 2.34. The van der Waals surface area contributed by atoms with Crippen LogP contribution < -0.4 is 15.2 Å². The van der Waals surface area contributed by atoms with Crippen LogP contribution in [0.15, 0.2) is 18.2 Å². The molecule has 2 aliphatic heterocycles. The Labute approximate surface area is 150 Å². The molecule has 2 aromatic rings. The number of sulfone groups is 1. The van der Waals surface area contributed by atoms with E-state index < -0.39 is 15.7 Å². The normalized spacial score (nSPS) is 20.8. The molecule has 1 aromatic carbocycles. The number of amides is 1. The Hall–Kier alpha value is -2.62. The molecule has 26 heavy (non-hydrogen) atoms. The fourth-order valence-corrected chi connectivity index (χ4v) is 4.96. The summed E-state index contributed by atoms with van der Waals surface area (Å²) in [6.07, 6.45) is 0.367. The van der Waals surface area contributed by atoms with Crippen LogP contribution in [0.4, 0.5) is 0 Å². The number of nitrogens with zero attached hydrogens (tertiary/aromatic N) is 3. The number of carbonyl (C=O) groups is 1. The van der Waals surface area contributed by atoms with E-state index in [0.29, 0.717) is 42.6 Å². The monoisotopic (exact) mass is 378 g/mol. The van der Waals surface area contributed by atoms with Crippen molar-refractivity contribution < 1.29 is 22.7 Å². The Morgan fingerprint density at radius 2 is 2.04 bits per heavy atom. The maximum Gasteiger partial charge on any atom is 0.225 e. The summed E-state index contributed by atoms with van der Waals surface area (Å²) in [5.41, 5.74) is 5.91. The van der Waals surface area contributed by atoms with Gasteiger partial charge in [0, 0.05) is 12.0 Å². The summed E-state index contributed by atoms with van der Waals surface area (Å²) in [4.78, 5) is 15.6. The Kier molecular flexibility index (Phi) is 4.06. The molecule has 1 fully saturated rings. The number of aromatic nitrogens is 3. The highest BCUT2D eigenvalue weighted by Gasteiger charge is 2.33. The number of fused-ring (bicyclic) bond motifs is 1. The number of rotatable bonds is 4. The zero-order chi connectivity index (χ0) is 18.3. The van der Waals surface area contributed by atoms with E-state index in [9.17, 15) is 13.2 Å². The van der Waals surface area contributed by atoms with Crippen molar-refractivity contribution in [3.63, 3.8) is 0 Å². The predicted molar refractivity (Wildman–Crippen MR) is 91.3 cm³/mol. The first-order valence-corrected chi connectivity index (χ1v) is 10.1. The van der Waals surface area contributed by atoms with Gasteiger partial charge in [0.1, 0.15) is 19.0 Å². The van der Waals surface area contributed by atoms with Crippen molar-refractivity contribution in [2.75, 3.05) is 24.7 Å². The molecule has 1 saturated heterocycles. The Bertz CT molecular complexity index is 969. The zero-order valence-corrected chi connectivity index (χ0v) is 14.7. The second-order valence-corrected chi connectivity index (χ2v) is 8.60. The van der Waals surface area contributed by atoms with Gasteiger partial charge < -0.3 is 15.2 Å². The molecule has 0 aliphatic carbocycles. The lowest BCUT2D eigenvalue weighted by molar-refractivity contribution is -0.117. The summed E-state index contributed by atoms with van der Waals surface area (Å²) in [7, 11) is -3.09. The lowest BCUT2D eigenvalue weighted by Crippen LogP contribution is -2.16. The summed E-state index contributed by atoms with van der Waals surface area (Å²) in [5.74, 6) is 1.33. The lowest BCUT2D eigenvalue weighted by Gasteiger charge is -2.19. The molecule has 2 aliphatic rings. The van der Waals surface area contributed by atoms with Crippen molar-refractivity contribution in [2.24, 2.45) is 5.73 Å². The smallest absolute Gasteiger partial charge is 0.225 e. The van der Waals surface area contributed by atoms with E-state index in [4.69, 9.17) is 15.2 Å². The second-order valence-electron chi connectivity index (χ2n) is 6.37. The minimum Gasteiger partial charge on any atom is -0.486 e. The van der Waals surface area contributed by atoms with Gasteiger partial charge >= 0.3 is 0 Å². The molecule has 0 radical (unpaired) electrons. The first-order chi connectivity index (χ1) is 12.4. The highest BCUT2D eigenvalue weighted by molar-refractivity contribution is 7.91. The van der Waals surface area contributed by atoms with Crippen LogP contribution in [-0.4, -0.2) is 53.8 Å². The summed E-state index contributed by atoms with van der Waals surface area (Å²) < 4.78 is 36.4. The van der Waals surface area contributed by atoms with Gasteiger partial charge in [-0.25, -0.2) is 18.1 Å². The average molecular weight is 378 g/mol. The third-order valence-corrected chi connectivity index (χ3v) is 6.14. The van der Waals surface area contributed by atoms with Crippen molar-refractivity contribution in [2.45, 2.75) is 18.8 Å². The van der Waals surface area contributed by atoms with Crippen LogP contribution in [0.3, 0.4) is 0 Å². The van der Waals surface area contributed by atoms with Crippen LogP contribution in [0.1, 0.15) is 24.0 Å². The van der Waals surface area contributed by atoms with E-state index in [0.717, 1.165) is 0 Å². The quantitative estimate of drug-likeness (QED) is 0.791. The summed E-state index contributed by atoms with van der Waals surface area (Å²) in [6, 6.07) is 5.34. The predicted octanol–water partition coefficient (Wildman–Crippen LogP) is -0.0316. The number of nitrogens with two attached hydrogens (primary N) is 1. The van der Waals surface area contributed by atoms with Crippen molar-refractivity contribution >= 4 is 15.7 Å². The number of hydrogen-bond acceptors (Lipinski definition) is 7. The third kappa shape index (κ3) is 3.24. The summed E-state index contributed by atoms with van der Waals surface area (Å²) in [6.45, 7) is 0.943. The lowest BCUT2D eigenvalue weighted by atomic mass is 10.1. The minimum atomic E-state index is -3.09. The molecule has 1 atom stereocenters. The molecule has 0 unspecified atom stereocenters. The molecule has 3 heterocycles. The standard InChI is InChI=1S/C16H18N4O5S/c17-14(21)8-15-18-16(10-3-6-26(22,23)9-10)20(19-15)11-1-2-12-13(7-11)25-5-4-24-12/h1-2,7,10H,3-6,8-9H2,(H2,17,21)/t10-/m1/s1. The summed E-state index contributed by atoms with van der Waals surface area (Å²) >= 11 is 0. The van der Waals surface area contributed by atoms with Gasteiger partial charge in [-0.2, -0.15) is 5.10 Å². The number of hydrogen-bond donors (Lipinski definition) is 1. The third-order valence-electron chi connectivity index (χ3n) is 4.38. The molecular weight excluding hydrogens is 360 g/mol. The van der Waals surface area contributed by atoms with Gasteiger partial charge in [-0.15, -0.1) is 0 Å². The minimum absolute atomic E-state index is 0.0201. The molecule has 4 rings (SSSR count). The molecule has 1 amide bonds. The first kappa shape index (κ1) is 16.8. The zero-order valence-electron chi connectivity index (χ0n) is 13.9. The van der Waals surface area contributed by atoms with Gasteiger partial charge in [-0.1, -0.05) is 0 Å². The van der Waals surface area contributed by atoms with Crippen LogP contribution in [0, 0.1) is 0 Å². The number of benzene rings is 1. The van der Waals surface area contributed by atoms with Gasteiger partial charge in [0.15, 0.2) is 27.2 Å². The van der Waals surface area contributed by atoms with E-state index in [2.05, 4.69) is 10.1 Å². The largest absolute Gasteiger partial charge is 0.486 e. The van der Waals surface area contributed by atoms with Crippen LogP contribution in [0.2, 0.25) is 0 Å². The molecule has 2 N–H and O–H groups in total.